The van der Waals surface area contributed by atoms with Gasteiger partial charge in [0.2, 0.25) is 10.0 Å². The van der Waals surface area contributed by atoms with Crippen molar-refractivity contribution in [2.75, 3.05) is 31.1 Å². The Morgan fingerprint density at radius 2 is 1.73 bits per heavy atom. The average molecular weight is 429 g/mol. The second-order valence-electron chi connectivity index (χ2n) is 5.88. The molecule has 1 aliphatic heterocycles. The number of halogens is 2. The summed E-state index contributed by atoms with van der Waals surface area (Å²) in [6.07, 6.45) is 0. The normalized spacial score (nSPS) is 16.3. The van der Waals surface area contributed by atoms with E-state index in [0.717, 1.165) is 17.4 Å². The van der Waals surface area contributed by atoms with E-state index >= 15 is 0 Å². The molecule has 0 amide bonds. The molecule has 0 saturated carbocycles. The summed E-state index contributed by atoms with van der Waals surface area (Å²) in [6, 6.07) is 10.5. The minimum Gasteiger partial charge on any atom is -0.369 e. The maximum Gasteiger partial charge on any atom is 0.245 e. The molecule has 0 aliphatic carbocycles. The van der Waals surface area contributed by atoms with Crippen LogP contribution in [0, 0.1) is 0 Å². The van der Waals surface area contributed by atoms with Crippen molar-refractivity contribution in [3.63, 3.8) is 0 Å². The van der Waals surface area contributed by atoms with Gasteiger partial charge in [-0.25, -0.2) is 8.42 Å². The Morgan fingerprint density at radius 3 is 2.46 bits per heavy atom. The molecule has 26 heavy (non-hydrogen) atoms. The van der Waals surface area contributed by atoms with Gasteiger partial charge in [0.15, 0.2) is 0 Å². The Hall–Kier alpha value is -1.45. The van der Waals surface area contributed by atoms with Crippen LogP contribution in [0.15, 0.2) is 41.3 Å². The summed E-state index contributed by atoms with van der Waals surface area (Å²) in [7, 11) is -3.62. The number of anilines is 1. The zero-order valence-corrected chi connectivity index (χ0v) is 16.6. The van der Waals surface area contributed by atoms with E-state index < -0.39 is 10.0 Å². The van der Waals surface area contributed by atoms with Crippen molar-refractivity contribution in [1.82, 2.24) is 13.1 Å². The number of rotatable bonds is 3. The molecule has 0 N–H and O–H groups in total. The van der Waals surface area contributed by atoms with Gasteiger partial charge in [-0.1, -0.05) is 29.3 Å². The van der Waals surface area contributed by atoms with Gasteiger partial charge in [-0.05, 0) is 30.3 Å². The number of nitrogens with zero attached hydrogens (tertiary/aromatic N) is 4. The molecule has 2 aromatic carbocycles. The van der Waals surface area contributed by atoms with Crippen LogP contribution in [0.1, 0.15) is 0 Å². The third-order valence-electron chi connectivity index (χ3n) is 4.37. The van der Waals surface area contributed by atoms with Crippen molar-refractivity contribution in [1.29, 1.82) is 0 Å². The molecule has 0 unspecified atom stereocenters. The number of hydrogen-bond acceptors (Lipinski definition) is 6. The number of aromatic nitrogens is 2. The van der Waals surface area contributed by atoms with Gasteiger partial charge in [-0.2, -0.15) is 13.1 Å². The Morgan fingerprint density at radius 1 is 0.962 bits per heavy atom. The highest BCUT2D eigenvalue weighted by Gasteiger charge is 2.30. The molecule has 10 heteroatoms. The fourth-order valence-corrected chi connectivity index (χ4v) is 5.46. The Kier molecular flexibility index (Phi) is 4.79. The van der Waals surface area contributed by atoms with Crippen LogP contribution in [-0.2, 0) is 10.0 Å². The second-order valence-corrected chi connectivity index (χ2v) is 9.13. The van der Waals surface area contributed by atoms with Crippen LogP contribution < -0.4 is 4.90 Å². The van der Waals surface area contributed by atoms with Crippen molar-refractivity contribution in [3.8, 4) is 0 Å². The van der Waals surface area contributed by atoms with Gasteiger partial charge >= 0.3 is 0 Å². The van der Waals surface area contributed by atoms with E-state index in [-0.39, 0.29) is 4.90 Å². The van der Waals surface area contributed by atoms with Gasteiger partial charge in [0.25, 0.3) is 0 Å². The minimum absolute atomic E-state index is 0.215. The zero-order valence-electron chi connectivity index (χ0n) is 13.5. The predicted molar refractivity (Wildman–Crippen MR) is 105 cm³/mol. The van der Waals surface area contributed by atoms with Crippen molar-refractivity contribution in [2.24, 2.45) is 0 Å². The van der Waals surface area contributed by atoms with Crippen LogP contribution in [0.3, 0.4) is 0 Å². The Labute approximate surface area is 165 Å². The SMILES string of the molecule is O=S(=O)(c1cccc2nsnc12)N1CCN(c2ccc(Cl)c(Cl)c2)CC1. The van der Waals surface area contributed by atoms with E-state index in [1.54, 1.807) is 30.3 Å². The van der Waals surface area contributed by atoms with Crippen molar-refractivity contribution < 1.29 is 8.42 Å². The van der Waals surface area contributed by atoms with Gasteiger partial charge in [0.05, 0.1) is 21.8 Å². The number of benzene rings is 2. The molecular weight excluding hydrogens is 415 g/mol. The van der Waals surface area contributed by atoms with E-state index in [0.29, 0.717) is 47.3 Å². The summed E-state index contributed by atoms with van der Waals surface area (Å²) in [5, 5.41) is 0.989. The van der Waals surface area contributed by atoms with Crippen LogP contribution in [0.2, 0.25) is 10.0 Å². The Balaban J connectivity index is 1.55. The molecule has 136 valence electrons. The van der Waals surface area contributed by atoms with Gasteiger partial charge in [-0.15, -0.1) is 0 Å². The summed E-state index contributed by atoms with van der Waals surface area (Å²) >= 11 is 13.1. The van der Waals surface area contributed by atoms with E-state index in [9.17, 15) is 8.42 Å². The van der Waals surface area contributed by atoms with Crippen LogP contribution in [0.25, 0.3) is 11.0 Å². The largest absolute Gasteiger partial charge is 0.369 e. The molecular formula is C16H14Cl2N4O2S2. The van der Waals surface area contributed by atoms with Gasteiger partial charge in [-0.3, -0.25) is 0 Å². The molecule has 1 fully saturated rings. The van der Waals surface area contributed by atoms with E-state index in [2.05, 4.69) is 13.6 Å². The molecule has 1 saturated heterocycles. The molecule has 1 aromatic heterocycles. The lowest BCUT2D eigenvalue weighted by Gasteiger charge is -2.35. The highest BCUT2D eigenvalue weighted by molar-refractivity contribution is 7.89. The van der Waals surface area contributed by atoms with E-state index in [1.807, 2.05) is 6.07 Å². The van der Waals surface area contributed by atoms with Gasteiger partial charge in [0, 0.05) is 31.9 Å². The molecule has 0 radical (unpaired) electrons. The molecule has 0 spiro atoms. The van der Waals surface area contributed by atoms with Crippen molar-refractivity contribution in [2.45, 2.75) is 4.90 Å². The molecule has 0 atom stereocenters. The van der Waals surface area contributed by atoms with Crippen molar-refractivity contribution >= 4 is 61.7 Å². The number of hydrogen-bond donors (Lipinski definition) is 0. The number of piperazine rings is 1. The van der Waals surface area contributed by atoms with E-state index in [1.165, 1.54) is 4.31 Å². The highest BCUT2D eigenvalue weighted by atomic mass is 35.5. The first-order valence-corrected chi connectivity index (χ1v) is 10.8. The Bertz CT molecular complexity index is 1060. The summed E-state index contributed by atoms with van der Waals surface area (Å²) in [5.41, 5.74) is 1.97. The van der Waals surface area contributed by atoms with Crippen molar-refractivity contribution in [3.05, 3.63) is 46.4 Å². The van der Waals surface area contributed by atoms with Gasteiger partial charge < -0.3 is 4.90 Å². The second kappa shape index (κ2) is 6.94. The molecule has 1 aliphatic rings. The zero-order chi connectivity index (χ0) is 18.3. The summed E-state index contributed by atoms with van der Waals surface area (Å²) in [6.45, 7) is 1.91. The lowest BCUT2D eigenvalue weighted by molar-refractivity contribution is 0.385. The number of sulfonamides is 1. The van der Waals surface area contributed by atoms with Crippen LogP contribution >= 0.6 is 34.9 Å². The quantitative estimate of drug-likeness (QED) is 0.638. The van der Waals surface area contributed by atoms with E-state index in [4.69, 9.17) is 23.2 Å². The molecule has 0 bridgehead atoms. The van der Waals surface area contributed by atoms with Crippen LogP contribution in [0.5, 0.6) is 0 Å². The predicted octanol–water partition coefficient (Wildman–Crippen LogP) is 3.51. The third kappa shape index (κ3) is 3.16. The lowest BCUT2D eigenvalue weighted by atomic mass is 10.2. The summed E-state index contributed by atoms with van der Waals surface area (Å²) in [4.78, 5) is 2.31. The molecule has 2 heterocycles. The first kappa shape index (κ1) is 17.9. The summed E-state index contributed by atoms with van der Waals surface area (Å²) in [5.74, 6) is 0. The molecule has 3 aromatic rings. The average Bonchev–Trinajstić information content (AvgIpc) is 3.12. The van der Waals surface area contributed by atoms with Crippen LogP contribution in [0.4, 0.5) is 5.69 Å². The molecule has 6 nitrogen and oxygen atoms in total. The monoisotopic (exact) mass is 428 g/mol. The fourth-order valence-electron chi connectivity index (χ4n) is 3.00. The minimum atomic E-state index is -3.62. The maximum absolute atomic E-state index is 13.0. The summed E-state index contributed by atoms with van der Waals surface area (Å²) < 4.78 is 35.9. The topological polar surface area (TPSA) is 66.4 Å². The first-order chi connectivity index (χ1) is 12.5. The first-order valence-electron chi connectivity index (χ1n) is 7.88. The number of fused-ring (bicyclic) bond motifs is 1. The standard InChI is InChI=1S/C16H14Cl2N4O2S2/c17-12-5-4-11(10-13(12)18)21-6-8-22(9-7-21)26(23,24)15-3-1-2-14-16(15)20-25-19-14/h1-5,10H,6-9H2. The smallest absolute Gasteiger partial charge is 0.245 e. The highest BCUT2D eigenvalue weighted by Crippen LogP contribution is 2.29. The lowest BCUT2D eigenvalue weighted by Crippen LogP contribution is -2.48. The van der Waals surface area contributed by atoms with Gasteiger partial charge in [0.1, 0.15) is 15.9 Å². The molecule has 4 rings (SSSR count). The fraction of sp³-hybridized carbons (Fsp3) is 0.250. The maximum atomic E-state index is 13.0. The third-order valence-corrected chi connectivity index (χ3v) is 7.59. The van der Waals surface area contributed by atoms with Crippen LogP contribution in [-0.4, -0.2) is 47.6 Å².